The molecular formula is C65H74N3OPt-. The zero-order valence-corrected chi connectivity index (χ0v) is 44.4. The van der Waals surface area contributed by atoms with Gasteiger partial charge in [-0.25, -0.2) is 4.98 Å². The van der Waals surface area contributed by atoms with Crippen molar-refractivity contribution in [1.82, 2.24) is 14.5 Å². The molecule has 0 radical (unpaired) electrons. The van der Waals surface area contributed by atoms with Gasteiger partial charge in [-0.1, -0.05) is 167 Å². The number of imidazole rings is 1. The van der Waals surface area contributed by atoms with Gasteiger partial charge in [-0.05, 0) is 154 Å². The Kier molecular flexibility index (Phi) is 9.87. The second-order valence-corrected chi connectivity index (χ2v) is 20.3. The average molecular weight is 1120 g/mol. The fourth-order valence-corrected chi connectivity index (χ4v) is 9.55. The number of hydrogen-bond acceptors (Lipinski definition) is 3. The van der Waals surface area contributed by atoms with E-state index in [0.717, 1.165) is 59.1 Å². The summed E-state index contributed by atoms with van der Waals surface area (Å²) in [4.78, 5) is 10.1. The minimum atomic E-state index is -3.84. The molecular weight excluding hydrogens is 1030 g/mol. The maximum absolute atomic E-state index is 12.0. The van der Waals surface area contributed by atoms with Gasteiger partial charge in [0.25, 0.3) is 0 Å². The number of para-hydroxylation sites is 1. The third-order valence-electron chi connectivity index (χ3n) is 14.7. The molecule has 8 rings (SSSR count). The van der Waals surface area contributed by atoms with Gasteiger partial charge < -0.3 is 5.11 Å². The Bertz CT molecular complexity index is 3790. The van der Waals surface area contributed by atoms with Gasteiger partial charge in [0, 0.05) is 49.4 Å². The summed E-state index contributed by atoms with van der Waals surface area (Å²) in [6.45, 7) is 8.94. The Hall–Kier alpha value is -5.57. The molecule has 0 spiro atoms. The topological polar surface area (TPSA) is 50.9 Å². The van der Waals surface area contributed by atoms with Crippen LogP contribution in [0.5, 0.6) is 5.75 Å². The van der Waals surface area contributed by atoms with E-state index in [1.807, 2.05) is 92.9 Å². The van der Waals surface area contributed by atoms with Crippen molar-refractivity contribution >= 4 is 11.0 Å². The Morgan fingerprint density at radius 3 is 1.90 bits per heavy atom. The van der Waals surface area contributed by atoms with Crippen LogP contribution in [0.3, 0.4) is 0 Å². The number of fused-ring (bicyclic) bond motifs is 1. The fourth-order valence-electron chi connectivity index (χ4n) is 9.55. The van der Waals surface area contributed by atoms with E-state index in [2.05, 4.69) is 70.8 Å². The van der Waals surface area contributed by atoms with E-state index in [-0.39, 0.29) is 60.0 Å². The van der Waals surface area contributed by atoms with E-state index in [9.17, 15) is 9.22 Å². The summed E-state index contributed by atoms with van der Waals surface area (Å²) >= 11 is 0. The van der Waals surface area contributed by atoms with Crippen molar-refractivity contribution in [2.75, 3.05) is 0 Å². The third-order valence-corrected chi connectivity index (χ3v) is 14.7. The molecule has 0 atom stereocenters. The minimum Gasteiger partial charge on any atom is -0.507 e. The van der Waals surface area contributed by atoms with Crippen LogP contribution >= 0.6 is 0 Å². The van der Waals surface area contributed by atoms with E-state index in [0.29, 0.717) is 50.4 Å². The maximum atomic E-state index is 12.0. The molecule has 0 saturated carbocycles. The molecule has 0 aliphatic heterocycles. The number of phenols is 1. The zero-order valence-electron chi connectivity index (χ0n) is 58.2. The molecule has 5 heteroatoms. The SMILES string of the molecule is [2H]c1c([2H])c(C(C([2H])([2H])[2H])(C([2H])([2H])[2H])C([2H])([2H])[2H])c([2H])c([2H])c1-c1ccnc(-c2[c-]c(-c3cccc4c3nc(-c3cc(C)cc(C)c3O)n4-c3ccc(-c4c(C(C)(CC)CC)cccc4C(C)(CC)CC)cc3C([2H])([2H])[2H])cc(C(C)(C)C)c2)c1.[Pt]. The van der Waals surface area contributed by atoms with E-state index in [4.69, 9.17) is 22.8 Å². The molecule has 2 aromatic heterocycles. The van der Waals surface area contributed by atoms with Crippen LogP contribution in [0.1, 0.15) is 169 Å². The van der Waals surface area contributed by atoms with Crippen LogP contribution in [-0.2, 0) is 42.7 Å². The first-order chi connectivity index (χ1) is 39.3. The summed E-state index contributed by atoms with van der Waals surface area (Å²) in [7, 11) is 0. The summed E-state index contributed by atoms with van der Waals surface area (Å²) in [6, 6.07) is 27.8. The molecule has 0 bridgehead atoms. The number of aromatic nitrogens is 3. The van der Waals surface area contributed by atoms with E-state index < -0.39 is 68.0 Å². The molecule has 4 nitrogen and oxygen atoms in total. The van der Waals surface area contributed by atoms with Crippen molar-refractivity contribution in [3.63, 3.8) is 0 Å². The molecule has 0 aliphatic rings. The molecule has 6 aromatic carbocycles. The standard InChI is InChI=1S/C65H74N3O.Pt/c1-16-64(14,17-2)53-23-21-24-54(65(15,18-3)19-4)58(53)46-28-31-56(42(6)36-46)68-57-25-20-22-51(59(57)67-61(68)52-35-41(5)34-43(7)60(52)69)47-37-48(39-50(38-47)63(11,12)13)55-40-45(32-33-66-55)44-26-29-49(30-27-44)62(8,9)10;/h20-36,38-40,69H,16-19H2,1-15H3;/q-1;/i6D3,8D3,9D3,10D3,26D,27D,29D,30D;. The number of nitrogens with zero attached hydrogens (tertiary/aromatic N) is 3. The molecule has 0 aliphatic carbocycles. The van der Waals surface area contributed by atoms with Crippen LogP contribution in [0.2, 0.25) is 0 Å². The van der Waals surface area contributed by atoms with Crippen LogP contribution in [-0.4, -0.2) is 19.6 Å². The van der Waals surface area contributed by atoms with Gasteiger partial charge >= 0.3 is 0 Å². The molecule has 70 heavy (non-hydrogen) atoms. The summed E-state index contributed by atoms with van der Waals surface area (Å²) in [6.07, 6.45) is 4.86. The van der Waals surface area contributed by atoms with Crippen molar-refractivity contribution in [3.8, 4) is 67.5 Å². The summed E-state index contributed by atoms with van der Waals surface area (Å²) in [5.74, 6) is 0.268. The average Bonchev–Trinajstić information content (AvgIpc) is 0.772. The molecule has 366 valence electrons. The van der Waals surface area contributed by atoms with Crippen molar-refractivity contribution in [2.45, 2.75) is 151 Å². The second kappa shape index (κ2) is 19.9. The zero-order chi connectivity index (χ0) is 63.3. The van der Waals surface area contributed by atoms with Crippen LogP contribution in [0.15, 0.2) is 121 Å². The number of benzene rings is 6. The van der Waals surface area contributed by atoms with E-state index >= 15 is 0 Å². The van der Waals surface area contributed by atoms with Gasteiger partial charge in [0.2, 0.25) is 0 Å². The number of hydrogen-bond donors (Lipinski definition) is 1. The molecule has 0 saturated heterocycles. The molecule has 0 amide bonds. The molecule has 8 aromatic rings. The quantitative estimate of drug-likeness (QED) is 0.124. The molecule has 0 fully saturated rings. The Labute approximate surface area is 456 Å². The molecule has 0 unspecified atom stereocenters. The summed E-state index contributed by atoms with van der Waals surface area (Å²) < 4.78 is 140. The first-order valence-corrected chi connectivity index (χ1v) is 24.1. The summed E-state index contributed by atoms with van der Waals surface area (Å²) in [5.41, 5.74) is 3.75. The van der Waals surface area contributed by atoms with Crippen molar-refractivity contribution in [3.05, 3.63) is 166 Å². The van der Waals surface area contributed by atoms with Crippen molar-refractivity contribution < 1.29 is 48.1 Å². The van der Waals surface area contributed by atoms with Crippen LogP contribution in [0, 0.1) is 26.8 Å². The Morgan fingerprint density at radius 2 is 1.29 bits per heavy atom. The normalized spacial score (nSPS) is 16.4. The predicted molar refractivity (Wildman–Crippen MR) is 294 cm³/mol. The van der Waals surface area contributed by atoms with E-state index in [1.54, 1.807) is 6.92 Å². The first kappa shape index (κ1) is 34.7. The predicted octanol–water partition coefficient (Wildman–Crippen LogP) is 17.9. The molecule has 2 heterocycles. The second-order valence-electron chi connectivity index (χ2n) is 20.3. The van der Waals surface area contributed by atoms with Gasteiger partial charge in [-0.3, -0.25) is 9.55 Å². The largest absolute Gasteiger partial charge is 0.507 e. The number of aryl methyl sites for hydroxylation is 3. The van der Waals surface area contributed by atoms with Crippen LogP contribution < -0.4 is 0 Å². The monoisotopic (exact) mass is 1120 g/mol. The number of phenolic OH excluding ortho intramolecular Hbond substituents is 1. The van der Waals surface area contributed by atoms with Crippen LogP contribution in [0.25, 0.3) is 72.7 Å². The number of aromatic hydroxyl groups is 1. The van der Waals surface area contributed by atoms with Gasteiger partial charge in [-0.15, -0.1) is 29.3 Å². The number of rotatable bonds is 12. The van der Waals surface area contributed by atoms with Crippen LogP contribution in [0.4, 0.5) is 0 Å². The van der Waals surface area contributed by atoms with E-state index in [1.165, 1.54) is 18.3 Å². The van der Waals surface area contributed by atoms with Gasteiger partial charge in [0.15, 0.2) is 0 Å². The molecule has 1 N–H and O–H groups in total. The fraction of sp³-hybridized carbons (Fsp3) is 0.354. The summed E-state index contributed by atoms with van der Waals surface area (Å²) in [5, 5.41) is 12.0. The van der Waals surface area contributed by atoms with Crippen molar-refractivity contribution in [1.29, 1.82) is 0 Å². The minimum absolute atomic E-state index is 0. The van der Waals surface area contributed by atoms with Crippen molar-refractivity contribution in [2.24, 2.45) is 0 Å². The van der Waals surface area contributed by atoms with Gasteiger partial charge in [0.05, 0.1) is 27.8 Å². The first-order valence-electron chi connectivity index (χ1n) is 32.1. The van der Waals surface area contributed by atoms with Gasteiger partial charge in [-0.2, -0.15) is 0 Å². The maximum Gasteiger partial charge on any atom is 0.148 e. The Morgan fingerprint density at radius 1 is 0.643 bits per heavy atom. The smallest absolute Gasteiger partial charge is 0.148 e. The van der Waals surface area contributed by atoms with Gasteiger partial charge in [0.1, 0.15) is 11.6 Å². The third kappa shape index (κ3) is 9.75. The number of pyridine rings is 1. The Balaban J connectivity index is 0.0000106.